The molecule has 135 heavy (non-hydrogen) atoms. The first-order valence-electron chi connectivity index (χ1n) is 39.0. The minimum Gasteiger partial charge on any atom is -0.506 e. The maximum atomic E-state index is 10.9. The van der Waals surface area contributed by atoms with Gasteiger partial charge in [-0.15, -0.1) is 10.2 Å². The van der Waals surface area contributed by atoms with Crippen LogP contribution in [0.25, 0.3) is 11.4 Å². The molecule has 0 aliphatic carbocycles. The van der Waals surface area contributed by atoms with Gasteiger partial charge >= 0.3 is 71.6 Å². The van der Waals surface area contributed by atoms with Gasteiger partial charge in [0.25, 0.3) is 0 Å². The fourth-order valence-corrected chi connectivity index (χ4v) is 9.59. The zero-order valence-corrected chi connectivity index (χ0v) is 75.1. The number of aromatic nitrogens is 8. The SMILES string of the molecule is CC(=NC(C)(C)C)c1cccc(C(=O)O)n1.CC(=NC(C)C(=O)O)C(=O)O.CC(=O)c1cccc(C(=O)O)n1.CC(=S)c1cccc(C(=O)O)n1.CC(C)(C1=NN=CC1)c1cccc(C(=O)O)n1.CC(C)(O)c1cccc(C(=O)O)n1.O=C(O)C=NCC(=O)O.O=C(O)Cc1cccc(CC(=O)O)n1.O=C(O)c1cccc(-c2ccccn2)n1.Oc1ccccc1N=Nc1ccccc1O. The van der Waals surface area contributed by atoms with E-state index in [9.17, 15) is 77.6 Å². The van der Waals surface area contributed by atoms with Gasteiger partial charge in [-0.1, -0.05) is 85.0 Å². The van der Waals surface area contributed by atoms with E-state index in [1.54, 1.807) is 155 Å². The van der Waals surface area contributed by atoms with Crippen molar-refractivity contribution < 1.29 is 139 Å². The predicted molar refractivity (Wildman–Crippen MR) is 492 cm³/mol. The zero-order valence-electron chi connectivity index (χ0n) is 74.2. The van der Waals surface area contributed by atoms with Gasteiger partial charge in [0.05, 0.1) is 75.4 Å². The number of hydrogen-bond acceptors (Lipinski definition) is 32. The topological polar surface area (TPSA) is 715 Å². The van der Waals surface area contributed by atoms with Crippen LogP contribution in [0.5, 0.6) is 11.5 Å². The average molecular weight is 1880 g/mol. The van der Waals surface area contributed by atoms with Gasteiger partial charge in [0.2, 0.25) is 0 Å². The molecule has 10 aromatic rings. The Morgan fingerprint density at radius 3 is 1.20 bits per heavy atom. The number of Topliss-reactive ketones (excluding diaryl/α,β-unsaturated/α-hetero) is 1. The molecule has 0 radical (unpaired) electrons. The number of aliphatic imine (C=N–C) groups is 3. The van der Waals surface area contributed by atoms with Gasteiger partial charge in [-0.3, -0.25) is 44.1 Å². The van der Waals surface area contributed by atoms with Gasteiger partial charge in [0.15, 0.2) is 5.78 Å². The Labute approximate surface area is 774 Å². The van der Waals surface area contributed by atoms with Gasteiger partial charge < -0.3 is 76.6 Å². The van der Waals surface area contributed by atoms with Crippen molar-refractivity contribution in [1.82, 2.24) is 39.9 Å². The number of pyridine rings is 8. The molecule has 1 aliphatic rings. The summed E-state index contributed by atoms with van der Waals surface area (Å²) in [7, 11) is 0. The Balaban J connectivity index is 0.000000510. The number of carboxylic acids is 12. The molecule has 0 bridgehead atoms. The molecule has 1 atom stereocenters. The van der Waals surface area contributed by atoms with E-state index in [-0.39, 0.29) is 81.2 Å². The number of carboxylic acid groups (broad SMARTS) is 12. The minimum absolute atomic E-state index is 0.0247. The highest BCUT2D eigenvalue weighted by atomic mass is 32.1. The number of ketones is 1. The lowest BCUT2D eigenvalue weighted by Gasteiger charge is -2.23. The lowest BCUT2D eigenvalue weighted by Crippen LogP contribution is -2.29. The monoisotopic (exact) mass is 1880 g/mol. The Morgan fingerprint density at radius 2 is 0.815 bits per heavy atom. The van der Waals surface area contributed by atoms with E-state index in [2.05, 4.69) is 75.3 Å². The molecule has 9 heterocycles. The number of benzene rings is 2. The summed E-state index contributed by atoms with van der Waals surface area (Å²) < 4.78 is 0. The third-order valence-electron chi connectivity index (χ3n) is 15.9. The molecule has 8 aromatic heterocycles. The van der Waals surface area contributed by atoms with E-state index in [1.807, 2.05) is 53.7 Å². The van der Waals surface area contributed by atoms with Crippen LogP contribution < -0.4 is 0 Å². The molecule has 1 aliphatic heterocycles. The molecular weight excluding hydrogens is 1780 g/mol. The molecule has 15 N–H and O–H groups in total. The number of aromatic carboxylic acids is 6. The molecular formula is C91H95N15O28S. The fourth-order valence-electron chi connectivity index (χ4n) is 9.47. The molecule has 0 saturated carbocycles. The van der Waals surface area contributed by atoms with Crippen molar-refractivity contribution in [3.8, 4) is 22.9 Å². The number of thiocarbonyl (C=S) groups is 1. The summed E-state index contributed by atoms with van der Waals surface area (Å²) in [6, 6.07) is 50.7. The van der Waals surface area contributed by atoms with Crippen LogP contribution in [0.1, 0.15) is 197 Å². The number of para-hydroxylation sites is 2. The third kappa shape index (κ3) is 45.4. The average Bonchev–Trinajstić information content (AvgIpc) is 1.75. The quantitative estimate of drug-likeness (QED) is 0.0109. The van der Waals surface area contributed by atoms with Crippen molar-refractivity contribution in [2.45, 2.75) is 125 Å². The number of carbonyl (C=O) groups excluding carboxylic acids is 1. The van der Waals surface area contributed by atoms with Crippen molar-refractivity contribution >= 4 is 135 Å². The van der Waals surface area contributed by atoms with E-state index in [4.69, 9.17) is 73.5 Å². The second kappa shape index (κ2) is 56.8. The largest absolute Gasteiger partial charge is 0.506 e. The molecule has 708 valence electrons. The van der Waals surface area contributed by atoms with Crippen LogP contribution in [0.2, 0.25) is 0 Å². The number of aliphatic carboxylic acids is 6. The highest BCUT2D eigenvalue weighted by Crippen LogP contribution is 2.31. The summed E-state index contributed by atoms with van der Waals surface area (Å²) in [4.78, 5) is 178. The van der Waals surface area contributed by atoms with Crippen LogP contribution in [0.3, 0.4) is 0 Å². The summed E-state index contributed by atoms with van der Waals surface area (Å²) in [5.41, 5.74) is 4.82. The molecule has 2 aromatic carbocycles. The van der Waals surface area contributed by atoms with Gasteiger partial charge in [0, 0.05) is 36.0 Å². The summed E-state index contributed by atoms with van der Waals surface area (Å²) in [6.45, 7) is 20.0. The second-order valence-electron chi connectivity index (χ2n) is 28.9. The highest BCUT2D eigenvalue weighted by Gasteiger charge is 2.31. The second-order valence-corrected chi connectivity index (χ2v) is 29.5. The normalized spacial score (nSPS) is 11.3. The van der Waals surface area contributed by atoms with E-state index in [0.29, 0.717) is 74.4 Å². The molecule has 44 heteroatoms. The fraction of sp³-hybridized carbons (Fsp3) is 0.220. The van der Waals surface area contributed by atoms with Crippen LogP contribution in [-0.2, 0) is 52.6 Å². The Hall–Kier alpha value is -17.5. The lowest BCUT2D eigenvalue weighted by molar-refractivity contribution is -0.138. The number of azo groups is 1. The Kier molecular flexibility index (Phi) is 47.8. The zero-order chi connectivity index (χ0) is 102. The minimum atomic E-state index is -1.24. The van der Waals surface area contributed by atoms with E-state index >= 15 is 0 Å². The first-order chi connectivity index (χ1) is 63.1. The van der Waals surface area contributed by atoms with Crippen LogP contribution in [0.15, 0.2) is 236 Å². The van der Waals surface area contributed by atoms with Crippen LogP contribution in [-0.4, -0.2) is 246 Å². The molecule has 1 unspecified atom stereocenters. The summed E-state index contributed by atoms with van der Waals surface area (Å²) >= 11 is 4.85. The third-order valence-corrected chi connectivity index (χ3v) is 16.1. The van der Waals surface area contributed by atoms with E-state index in [1.165, 1.54) is 81.4 Å². The maximum Gasteiger partial charge on any atom is 0.354 e. The number of hydrogen-bond donors (Lipinski definition) is 15. The molecule has 11 rings (SSSR count). The van der Waals surface area contributed by atoms with Crippen LogP contribution >= 0.6 is 12.2 Å². The number of phenolic OH excluding ortho intramolecular Hbond substituents is 2. The van der Waals surface area contributed by atoms with Gasteiger partial charge in [-0.05, 0) is 197 Å². The van der Waals surface area contributed by atoms with Crippen molar-refractivity contribution in [3.63, 3.8) is 0 Å². The summed E-state index contributed by atoms with van der Waals surface area (Å²) in [5, 5.41) is 146. The van der Waals surface area contributed by atoms with Crippen molar-refractivity contribution in [1.29, 1.82) is 0 Å². The van der Waals surface area contributed by atoms with Gasteiger partial charge in [-0.25, -0.2) is 73.1 Å². The van der Waals surface area contributed by atoms with Crippen molar-refractivity contribution in [2.24, 2.45) is 35.4 Å². The van der Waals surface area contributed by atoms with Crippen molar-refractivity contribution in [3.05, 3.63) is 274 Å². The lowest BCUT2D eigenvalue weighted by atomic mass is 9.82. The van der Waals surface area contributed by atoms with Gasteiger partial charge in [0.1, 0.15) is 92.8 Å². The number of carbonyl (C=O) groups is 13. The van der Waals surface area contributed by atoms with Crippen molar-refractivity contribution in [2.75, 3.05) is 6.54 Å². The molecule has 0 amide bonds. The van der Waals surface area contributed by atoms with Crippen LogP contribution in [0.4, 0.5) is 11.4 Å². The number of aliphatic hydroxyl groups is 1. The van der Waals surface area contributed by atoms with Crippen LogP contribution in [0, 0.1) is 0 Å². The predicted octanol–water partition coefficient (Wildman–Crippen LogP) is 12.7. The Morgan fingerprint density at radius 1 is 0.430 bits per heavy atom. The van der Waals surface area contributed by atoms with Gasteiger partial charge in [-0.2, -0.15) is 10.2 Å². The number of nitrogens with zero attached hydrogens (tertiary/aromatic N) is 15. The first kappa shape index (κ1) is 114. The maximum absolute atomic E-state index is 10.9. The number of rotatable bonds is 25. The van der Waals surface area contributed by atoms with E-state index < -0.39 is 95.2 Å². The summed E-state index contributed by atoms with van der Waals surface area (Å²) in [6.07, 6.45) is 4.24. The smallest absolute Gasteiger partial charge is 0.354 e. The number of phenols is 2. The van der Waals surface area contributed by atoms with E-state index in [0.717, 1.165) is 11.4 Å². The molecule has 0 saturated heterocycles. The Bertz CT molecular complexity index is 5850. The summed E-state index contributed by atoms with van der Waals surface area (Å²) in [5.74, 6) is -13.1. The molecule has 43 nitrogen and oxygen atoms in total. The molecule has 0 fully saturated rings. The first-order valence-corrected chi connectivity index (χ1v) is 39.4. The number of aromatic hydroxyl groups is 2. The molecule has 0 spiro atoms. The highest BCUT2D eigenvalue weighted by molar-refractivity contribution is 7.80. The standard InChI is InChI=1S/C12H13N3O2.C12H10N2O2.C12H16N2O2.C11H8N2O2.C9H9NO4.C9H11NO3.C8H7NO3.C8H7NO2S.C6H9NO4.C4H5NO4/c1-12(2,10-6-7-13-15-10)9-5-3-4-8(14-9)11(16)17;15-11-7-3-1-5-9(11)13-14-10-6-2-4-8-12(10)16;1-8(14-12(2,3)4)9-6-5-7-10(13-9)11(15)16;14-11(15)10-6-3-5-9(13-10)8-4-1-2-7-12-8;11-8(12)4-6-2-1-3-7(10-6)5-9(13)14;1-9(2,13)7-5-3-4-6(10-7)8(11)12;1-5(10)6-3-2-4-7(9-6)8(11)12;1-5(12)6-3-2-4-7(9-6)8(10)11;1-3(5(8)9)7-4(2)6(10)11;6-3(7)1-5-2-4(8)9/h3-5,7H,6H2,1-2H3,(H,16,17);1-8,15-16H;5-7H,1-4H3,(H,15,16);1-7H,(H,14,15);1-3H,4-5H2,(H,11,12)(H,13,14);3-5,13H,1-2H3,(H,11,12);2-4H,1H3,(H,11,12);2-4H,1H3,(H,10,11);3H,1-2H3,(H,8,9)(H,10,11);1H,2H2,(H,6,7)(H,8,9).